The van der Waals surface area contributed by atoms with E-state index in [1.54, 1.807) is 12.1 Å². The van der Waals surface area contributed by atoms with Gasteiger partial charge in [-0.2, -0.15) is 0 Å². The minimum absolute atomic E-state index is 0.0404. The lowest BCUT2D eigenvalue weighted by atomic mass is 10.1. The molecular weight excluding hydrogens is 286 g/mol. The minimum atomic E-state index is 0.0404. The molecule has 0 fully saturated rings. The number of hydrogen-bond acceptors (Lipinski definition) is 3. The number of aryl methyl sites for hydroxylation is 1. The van der Waals surface area contributed by atoms with Gasteiger partial charge in [0, 0.05) is 22.8 Å². The summed E-state index contributed by atoms with van der Waals surface area (Å²) in [6, 6.07) is 13.5. The van der Waals surface area contributed by atoms with Crippen LogP contribution in [0.2, 0.25) is 5.02 Å². The number of amidine groups is 1. The second-order valence-corrected chi connectivity index (χ2v) is 5.17. The van der Waals surface area contributed by atoms with Crippen molar-refractivity contribution < 1.29 is 5.21 Å². The molecule has 0 saturated heterocycles. The van der Waals surface area contributed by atoms with Gasteiger partial charge in [-0.05, 0) is 49.7 Å². The number of oxime groups is 1. The van der Waals surface area contributed by atoms with Crippen molar-refractivity contribution in [1.29, 1.82) is 0 Å². The first-order valence-corrected chi connectivity index (χ1v) is 7.06. The number of halogens is 1. The minimum Gasteiger partial charge on any atom is -0.409 e. The third-order valence-corrected chi connectivity index (χ3v) is 3.50. The fourth-order valence-electron chi connectivity index (χ4n) is 2.29. The molecule has 0 bridgehead atoms. The summed E-state index contributed by atoms with van der Waals surface area (Å²) in [7, 11) is 0. The van der Waals surface area contributed by atoms with Gasteiger partial charge in [0.1, 0.15) is 0 Å². The van der Waals surface area contributed by atoms with Gasteiger partial charge in [0.05, 0.1) is 5.69 Å². The quantitative estimate of drug-likeness (QED) is 0.390. The van der Waals surface area contributed by atoms with Crippen molar-refractivity contribution >= 4 is 28.8 Å². The van der Waals surface area contributed by atoms with Crippen LogP contribution in [0.1, 0.15) is 18.1 Å². The molecule has 4 nitrogen and oxygen atoms in total. The van der Waals surface area contributed by atoms with Crippen LogP contribution in [0.5, 0.6) is 0 Å². The Labute approximate surface area is 129 Å². The molecule has 0 heterocycles. The van der Waals surface area contributed by atoms with Crippen molar-refractivity contribution in [2.45, 2.75) is 13.8 Å². The first kappa shape index (κ1) is 15.2. The zero-order valence-electron chi connectivity index (χ0n) is 12.0. The van der Waals surface area contributed by atoms with Gasteiger partial charge in [0.2, 0.25) is 0 Å². The summed E-state index contributed by atoms with van der Waals surface area (Å²) >= 11 is 6.03. The maximum atomic E-state index is 8.97. The zero-order valence-corrected chi connectivity index (χ0v) is 12.8. The molecule has 110 valence electrons. The second-order valence-electron chi connectivity index (χ2n) is 4.73. The lowest BCUT2D eigenvalue weighted by molar-refractivity contribution is 0.318. The van der Waals surface area contributed by atoms with Gasteiger partial charge in [-0.3, -0.25) is 0 Å². The van der Waals surface area contributed by atoms with Crippen LogP contribution < -0.4 is 10.6 Å². The number of benzene rings is 2. The smallest absolute Gasteiger partial charge is 0.172 e. The van der Waals surface area contributed by atoms with Crippen molar-refractivity contribution in [3.05, 3.63) is 58.6 Å². The highest BCUT2D eigenvalue weighted by atomic mass is 35.5. The number of hydrogen-bond donors (Lipinski definition) is 2. The Balaban J connectivity index is 2.57. The zero-order chi connectivity index (χ0) is 15.4. The van der Waals surface area contributed by atoms with Crippen LogP contribution in [0, 0.1) is 6.92 Å². The van der Waals surface area contributed by atoms with Crippen molar-refractivity contribution in [1.82, 2.24) is 0 Å². The van der Waals surface area contributed by atoms with Gasteiger partial charge < -0.3 is 15.8 Å². The average molecular weight is 304 g/mol. The van der Waals surface area contributed by atoms with E-state index in [0.29, 0.717) is 10.6 Å². The highest BCUT2D eigenvalue weighted by Crippen LogP contribution is 2.30. The Morgan fingerprint density at radius 2 is 2.05 bits per heavy atom. The van der Waals surface area contributed by atoms with E-state index in [9.17, 15) is 0 Å². The molecule has 0 aliphatic carbocycles. The highest BCUT2D eigenvalue weighted by molar-refractivity contribution is 6.31. The topological polar surface area (TPSA) is 61.8 Å². The number of nitrogens with zero attached hydrogens (tertiary/aromatic N) is 2. The first-order valence-electron chi connectivity index (χ1n) is 6.68. The molecule has 0 aliphatic heterocycles. The summed E-state index contributed by atoms with van der Waals surface area (Å²) in [5, 5.41) is 12.6. The number of anilines is 2. The first-order chi connectivity index (χ1) is 10.1. The van der Waals surface area contributed by atoms with Gasteiger partial charge >= 0.3 is 0 Å². The molecule has 0 atom stereocenters. The largest absolute Gasteiger partial charge is 0.409 e. The number of rotatable bonds is 4. The van der Waals surface area contributed by atoms with Crippen molar-refractivity contribution in [2.24, 2.45) is 10.9 Å². The van der Waals surface area contributed by atoms with Crippen LogP contribution >= 0.6 is 11.6 Å². The molecule has 0 aromatic heterocycles. The van der Waals surface area contributed by atoms with Gasteiger partial charge in [0.25, 0.3) is 0 Å². The summed E-state index contributed by atoms with van der Waals surface area (Å²) < 4.78 is 0. The van der Waals surface area contributed by atoms with Crippen molar-refractivity contribution in [3.8, 4) is 0 Å². The normalized spacial score (nSPS) is 11.5. The predicted molar refractivity (Wildman–Crippen MR) is 87.8 cm³/mol. The summed E-state index contributed by atoms with van der Waals surface area (Å²) in [6.07, 6.45) is 0. The van der Waals surface area contributed by atoms with E-state index >= 15 is 0 Å². The Hall–Kier alpha value is -2.20. The van der Waals surface area contributed by atoms with E-state index in [0.717, 1.165) is 17.9 Å². The third kappa shape index (κ3) is 3.28. The molecule has 5 heteroatoms. The van der Waals surface area contributed by atoms with E-state index < -0.39 is 0 Å². The molecule has 0 spiro atoms. The molecule has 0 saturated carbocycles. The number of nitrogens with two attached hydrogens (primary N) is 1. The Morgan fingerprint density at radius 1 is 1.29 bits per heavy atom. The Morgan fingerprint density at radius 3 is 2.67 bits per heavy atom. The average Bonchev–Trinajstić information content (AvgIpc) is 2.48. The molecule has 0 unspecified atom stereocenters. The lowest BCUT2D eigenvalue weighted by Crippen LogP contribution is -2.22. The third-order valence-electron chi connectivity index (χ3n) is 3.26. The monoisotopic (exact) mass is 303 g/mol. The van der Waals surface area contributed by atoms with Gasteiger partial charge in [-0.1, -0.05) is 28.9 Å². The lowest BCUT2D eigenvalue weighted by Gasteiger charge is -2.26. The summed E-state index contributed by atoms with van der Waals surface area (Å²) in [4.78, 5) is 2.09. The van der Waals surface area contributed by atoms with Crippen molar-refractivity contribution in [2.75, 3.05) is 11.4 Å². The molecule has 0 radical (unpaired) electrons. The SMILES string of the molecule is CCN(c1cccc(C)c1)c1ccc(Cl)cc1C(N)=NO. The van der Waals surface area contributed by atoms with E-state index in [1.165, 1.54) is 5.56 Å². The second kappa shape index (κ2) is 6.50. The fourth-order valence-corrected chi connectivity index (χ4v) is 2.46. The molecule has 2 aromatic rings. The van der Waals surface area contributed by atoms with Crippen LogP contribution in [0.3, 0.4) is 0 Å². The van der Waals surface area contributed by atoms with Crippen LogP contribution in [-0.4, -0.2) is 17.6 Å². The summed E-state index contributed by atoms with van der Waals surface area (Å²) in [5.41, 5.74) is 9.45. The maximum absolute atomic E-state index is 8.97. The van der Waals surface area contributed by atoms with E-state index in [4.69, 9.17) is 22.5 Å². The maximum Gasteiger partial charge on any atom is 0.172 e. The van der Waals surface area contributed by atoms with Crippen LogP contribution in [0.4, 0.5) is 11.4 Å². The van der Waals surface area contributed by atoms with E-state index in [1.807, 2.05) is 38.1 Å². The van der Waals surface area contributed by atoms with Crippen molar-refractivity contribution in [3.63, 3.8) is 0 Å². The summed E-state index contributed by atoms with van der Waals surface area (Å²) in [5.74, 6) is 0.0404. The molecule has 2 aromatic carbocycles. The molecule has 0 amide bonds. The van der Waals surface area contributed by atoms with Crippen LogP contribution in [0.25, 0.3) is 0 Å². The molecule has 0 aliphatic rings. The van der Waals surface area contributed by atoms with E-state index in [2.05, 4.69) is 16.1 Å². The molecule has 2 rings (SSSR count). The van der Waals surface area contributed by atoms with Gasteiger partial charge in [0.15, 0.2) is 5.84 Å². The van der Waals surface area contributed by atoms with Gasteiger partial charge in [-0.25, -0.2) is 0 Å². The van der Waals surface area contributed by atoms with Gasteiger partial charge in [-0.15, -0.1) is 0 Å². The predicted octanol–water partition coefficient (Wildman–Crippen LogP) is 3.90. The Bertz CT molecular complexity index is 670. The standard InChI is InChI=1S/C16H18ClN3O/c1-3-20(13-6-4-5-11(2)9-13)15-8-7-12(17)10-14(15)16(18)19-21/h4-10,21H,3H2,1-2H3,(H2,18,19). The van der Waals surface area contributed by atoms with Crippen LogP contribution in [0.15, 0.2) is 47.6 Å². The van der Waals surface area contributed by atoms with Crippen LogP contribution in [-0.2, 0) is 0 Å². The molecule has 21 heavy (non-hydrogen) atoms. The molecule has 3 N–H and O–H groups in total. The highest BCUT2D eigenvalue weighted by Gasteiger charge is 2.15. The fraction of sp³-hybridized carbons (Fsp3) is 0.188. The summed E-state index contributed by atoms with van der Waals surface area (Å²) in [6.45, 7) is 4.84. The molecular formula is C16H18ClN3O. The Kier molecular flexibility index (Phi) is 4.70. The van der Waals surface area contributed by atoms with E-state index in [-0.39, 0.29) is 5.84 Å².